The van der Waals surface area contributed by atoms with E-state index in [1.807, 2.05) is 16.3 Å². The Labute approximate surface area is 135 Å². The lowest BCUT2D eigenvalue weighted by Gasteiger charge is -2.33. The maximum absolute atomic E-state index is 12.4. The zero-order valence-corrected chi connectivity index (χ0v) is 13.8. The smallest absolute Gasteiger partial charge is 0.228 e. The van der Waals surface area contributed by atoms with Gasteiger partial charge in [-0.15, -0.1) is 11.3 Å². The number of nitrogens with one attached hydrogen (secondary N) is 1. The van der Waals surface area contributed by atoms with Crippen LogP contribution in [0.15, 0.2) is 29.6 Å². The summed E-state index contributed by atoms with van der Waals surface area (Å²) < 4.78 is 0. The van der Waals surface area contributed by atoms with Gasteiger partial charge in [0.1, 0.15) is 5.01 Å². The Morgan fingerprint density at radius 1 is 1.50 bits per heavy atom. The Morgan fingerprint density at radius 3 is 3.14 bits per heavy atom. The second-order valence-corrected chi connectivity index (χ2v) is 6.69. The Bertz CT molecular complexity index is 667. The number of hydrogen-bond acceptors (Lipinski definition) is 4. The molecule has 1 aliphatic rings. The van der Waals surface area contributed by atoms with Crippen LogP contribution in [0.3, 0.4) is 0 Å². The molecule has 1 aromatic carbocycles. The largest absolute Gasteiger partial charge is 0.337 e. The number of aromatic nitrogens is 1. The van der Waals surface area contributed by atoms with Crippen LogP contribution in [0.5, 0.6) is 0 Å². The van der Waals surface area contributed by atoms with Crippen molar-refractivity contribution in [1.29, 1.82) is 0 Å². The molecule has 0 spiro atoms. The summed E-state index contributed by atoms with van der Waals surface area (Å²) in [7, 11) is 0. The predicted molar refractivity (Wildman–Crippen MR) is 90.0 cm³/mol. The minimum absolute atomic E-state index is 0.176. The summed E-state index contributed by atoms with van der Waals surface area (Å²) in [5.74, 6) is 0.176. The van der Waals surface area contributed by atoms with Crippen molar-refractivity contribution in [2.45, 2.75) is 26.3 Å². The van der Waals surface area contributed by atoms with Gasteiger partial charge >= 0.3 is 0 Å². The molecule has 2 aromatic rings. The number of thiazole rings is 1. The molecule has 0 bridgehead atoms. The van der Waals surface area contributed by atoms with Crippen LogP contribution in [0, 0.1) is 6.92 Å². The molecule has 0 unspecified atom stereocenters. The maximum Gasteiger partial charge on any atom is 0.228 e. The molecule has 1 atom stereocenters. The molecule has 3 rings (SSSR count). The van der Waals surface area contributed by atoms with E-state index in [0.717, 1.165) is 35.9 Å². The second-order valence-electron chi connectivity index (χ2n) is 5.83. The average Bonchev–Trinajstić information content (AvgIpc) is 2.96. The van der Waals surface area contributed by atoms with Gasteiger partial charge in [0, 0.05) is 36.6 Å². The number of carbonyl (C=O) groups is 1. The predicted octanol–water partition coefficient (Wildman–Crippen LogP) is 2.48. The minimum Gasteiger partial charge on any atom is -0.337 e. The number of aryl methyl sites for hydroxylation is 1. The first kappa shape index (κ1) is 15.2. The minimum atomic E-state index is 0.176. The third kappa shape index (κ3) is 3.36. The first-order valence-corrected chi connectivity index (χ1v) is 8.53. The van der Waals surface area contributed by atoms with Crippen molar-refractivity contribution in [2.24, 2.45) is 0 Å². The van der Waals surface area contributed by atoms with Crippen LogP contribution in [0.2, 0.25) is 0 Å². The number of nitrogens with zero attached hydrogens (tertiary/aromatic N) is 2. The third-order valence-corrected chi connectivity index (χ3v) is 4.91. The first-order chi connectivity index (χ1) is 10.6. The molecule has 1 N–H and O–H groups in total. The van der Waals surface area contributed by atoms with Gasteiger partial charge in [0.05, 0.1) is 12.1 Å². The Kier molecular flexibility index (Phi) is 4.55. The van der Waals surface area contributed by atoms with E-state index in [2.05, 4.69) is 42.3 Å². The Hall–Kier alpha value is -1.72. The maximum atomic E-state index is 12.4. The van der Waals surface area contributed by atoms with E-state index in [1.54, 1.807) is 11.3 Å². The molecule has 1 aliphatic heterocycles. The van der Waals surface area contributed by atoms with E-state index in [-0.39, 0.29) is 11.9 Å². The van der Waals surface area contributed by atoms with Crippen LogP contribution in [0.1, 0.15) is 18.2 Å². The van der Waals surface area contributed by atoms with Crippen LogP contribution in [-0.4, -0.2) is 41.5 Å². The summed E-state index contributed by atoms with van der Waals surface area (Å²) in [4.78, 5) is 19.0. The van der Waals surface area contributed by atoms with E-state index >= 15 is 0 Å². The van der Waals surface area contributed by atoms with Crippen molar-refractivity contribution in [2.75, 3.05) is 19.6 Å². The van der Waals surface area contributed by atoms with Crippen LogP contribution in [-0.2, 0) is 11.2 Å². The van der Waals surface area contributed by atoms with Crippen LogP contribution in [0.4, 0.5) is 0 Å². The first-order valence-electron chi connectivity index (χ1n) is 7.65. The summed E-state index contributed by atoms with van der Waals surface area (Å²) in [6, 6.07) is 8.57. The number of rotatable bonds is 3. The van der Waals surface area contributed by atoms with Gasteiger partial charge < -0.3 is 10.2 Å². The molecule has 0 aliphatic carbocycles. The number of benzene rings is 1. The molecule has 0 saturated carbocycles. The fourth-order valence-corrected chi connectivity index (χ4v) is 3.58. The normalized spacial score (nSPS) is 18.5. The van der Waals surface area contributed by atoms with Gasteiger partial charge in [-0.2, -0.15) is 0 Å². The van der Waals surface area contributed by atoms with E-state index in [4.69, 9.17) is 0 Å². The number of amides is 1. The summed E-state index contributed by atoms with van der Waals surface area (Å²) in [6.07, 6.45) is 0.395. The molecule has 4 nitrogen and oxygen atoms in total. The quantitative estimate of drug-likeness (QED) is 0.946. The van der Waals surface area contributed by atoms with Crippen LogP contribution >= 0.6 is 11.3 Å². The molecule has 1 saturated heterocycles. The molecule has 1 fully saturated rings. The summed E-state index contributed by atoms with van der Waals surface area (Å²) in [6.45, 7) is 6.70. The molecular weight excluding hydrogens is 294 g/mol. The number of carbonyl (C=O) groups excluding carboxylic acids is 1. The van der Waals surface area contributed by atoms with Crippen molar-refractivity contribution in [1.82, 2.24) is 15.2 Å². The van der Waals surface area contributed by atoms with E-state index in [1.165, 1.54) is 5.56 Å². The van der Waals surface area contributed by atoms with E-state index in [0.29, 0.717) is 6.42 Å². The van der Waals surface area contributed by atoms with Gasteiger partial charge in [0.2, 0.25) is 5.91 Å². The lowest BCUT2D eigenvalue weighted by molar-refractivity contribution is -0.133. The van der Waals surface area contributed by atoms with Crippen molar-refractivity contribution >= 4 is 17.2 Å². The Morgan fingerprint density at radius 2 is 2.36 bits per heavy atom. The van der Waals surface area contributed by atoms with E-state index < -0.39 is 0 Å². The SMILES string of the molecule is Cc1cccc(-c2nc(CC(=O)N3CCNC[C@H]3C)cs2)c1. The highest BCUT2D eigenvalue weighted by Gasteiger charge is 2.23. The molecule has 0 radical (unpaired) electrons. The number of hydrogen-bond donors (Lipinski definition) is 1. The zero-order chi connectivity index (χ0) is 15.5. The van der Waals surface area contributed by atoms with Gasteiger partial charge in [-0.05, 0) is 19.9 Å². The molecule has 1 amide bonds. The van der Waals surface area contributed by atoms with Gasteiger partial charge in [-0.25, -0.2) is 4.98 Å². The lowest BCUT2D eigenvalue weighted by atomic mass is 10.1. The van der Waals surface area contributed by atoms with Crippen LogP contribution < -0.4 is 5.32 Å². The van der Waals surface area contributed by atoms with E-state index in [9.17, 15) is 4.79 Å². The highest BCUT2D eigenvalue weighted by Crippen LogP contribution is 2.24. The second kappa shape index (κ2) is 6.58. The molecule has 1 aromatic heterocycles. The molecule has 2 heterocycles. The van der Waals surface area contributed by atoms with Crippen molar-refractivity contribution in [3.8, 4) is 10.6 Å². The fraction of sp³-hybridized carbons (Fsp3) is 0.412. The van der Waals surface area contributed by atoms with Crippen LogP contribution in [0.25, 0.3) is 10.6 Å². The fourth-order valence-electron chi connectivity index (χ4n) is 2.77. The van der Waals surface area contributed by atoms with Gasteiger partial charge in [0.25, 0.3) is 0 Å². The average molecular weight is 315 g/mol. The molecule has 116 valence electrons. The van der Waals surface area contributed by atoms with Gasteiger partial charge in [-0.3, -0.25) is 4.79 Å². The monoisotopic (exact) mass is 315 g/mol. The van der Waals surface area contributed by atoms with Crippen molar-refractivity contribution in [3.63, 3.8) is 0 Å². The zero-order valence-electron chi connectivity index (χ0n) is 13.0. The third-order valence-electron chi connectivity index (χ3n) is 3.97. The Balaban J connectivity index is 1.70. The number of piperazine rings is 1. The van der Waals surface area contributed by atoms with Crippen molar-refractivity contribution < 1.29 is 4.79 Å². The topological polar surface area (TPSA) is 45.2 Å². The van der Waals surface area contributed by atoms with Crippen molar-refractivity contribution in [3.05, 3.63) is 40.9 Å². The lowest BCUT2D eigenvalue weighted by Crippen LogP contribution is -2.52. The molecule has 5 heteroatoms. The van der Waals surface area contributed by atoms with Gasteiger partial charge in [0.15, 0.2) is 0 Å². The highest BCUT2D eigenvalue weighted by molar-refractivity contribution is 7.13. The molecule has 22 heavy (non-hydrogen) atoms. The highest BCUT2D eigenvalue weighted by atomic mass is 32.1. The summed E-state index contributed by atoms with van der Waals surface area (Å²) in [5.41, 5.74) is 3.22. The standard InChI is InChI=1S/C17H21N3OS/c1-12-4-3-5-14(8-12)17-19-15(11-22-17)9-16(21)20-7-6-18-10-13(20)2/h3-5,8,11,13,18H,6-7,9-10H2,1-2H3/t13-/m1/s1. The van der Waals surface area contributed by atoms with Gasteiger partial charge in [-0.1, -0.05) is 23.8 Å². The summed E-state index contributed by atoms with van der Waals surface area (Å²) >= 11 is 1.61. The molecular formula is C17H21N3OS. The summed E-state index contributed by atoms with van der Waals surface area (Å²) in [5, 5.41) is 6.30.